The second-order valence-corrected chi connectivity index (χ2v) is 4.30. The van der Waals surface area contributed by atoms with Crippen LogP contribution in [-0.4, -0.2) is 32.1 Å². The molecule has 0 saturated heterocycles. The van der Waals surface area contributed by atoms with E-state index in [1.54, 1.807) is 36.7 Å². The fourth-order valence-corrected chi connectivity index (χ4v) is 1.65. The molecule has 2 heterocycles. The lowest BCUT2D eigenvalue weighted by molar-refractivity contribution is -0.132. The molecule has 0 unspecified atom stereocenters. The fourth-order valence-electron chi connectivity index (χ4n) is 1.65. The second kappa shape index (κ2) is 6.94. The molecule has 0 aliphatic rings. The van der Waals surface area contributed by atoms with E-state index in [4.69, 9.17) is 10.2 Å². The minimum atomic E-state index is -1.02. The van der Waals surface area contributed by atoms with E-state index in [0.717, 1.165) is 12.2 Å². The number of hydrogen-bond donors (Lipinski definition) is 2. The Kier molecular flexibility index (Phi) is 4.77. The lowest BCUT2D eigenvalue weighted by atomic mass is 10.2. The summed E-state index contributed by atoms with van der Waals surface area (Å²) < 4.78 is 0. The predicted molar refractivity (Wildman–Crippen MR) is 80.8 cm³/mol. The average Bonchev–Trinajstić information content (AvgIpc) is 2.52. The molecule has 22 heavy (non-hydrogen) atoms. The molecule has 0 atom stereocenters. The zero-order valence-electron chi connectivity index (χ0n) is 11.4. The zero-order valence-corrected chi connectivity index (χ0v) is 11.4. The second-order valence-electron chi connectivity index (χ2n) is 4.30. The van der Waals surface area contributed by atoms with Crippen LogP contribution in [0.4, 0.5) is 0 Å². The Morgan fingerprint density at radius 1 is 0.773 bits per heavy atom. The Bertz CT molecular complexity index is 666. The molecule has 0 aliphatic heterocycles. The van der Waals surface area contributed by atoms with Crippen LogP contribution in [0.25, 0.3) is 23.5 Å². The predicted octanol–water partition coefficient (Wildman–Crippen LogP) is 2.34. The minimum Gasteiger partial charge on any atom is -0.478 e. The van der Waals surface area contributed by atoms with Gasteiger partial charge >= 0.3 is 11.9 Å². The maximum absolute atomic E-state index is 10.4. The highest BCUT2D eigenvalue weighted by atomic mass is 16.4. The summed E-state index contributed by atoms with van der Waals surface area (Å²) in [5, 5.41) is 17.1. The number of nitrogens with zero attached hydrogens (tertiary/aromatic N) is 2. The lowest BCUT2D eigenvalue weighted by Gasteiger charge is -2.01. The highest BCUT2D eigenvalue weighted by molar-refractivity contribution is 5.85. The van der Waals surface area contributed by atoms with Crippen LogP contribution in [0.15, 0.2) is 48.8 Å². The molecule has 6 nitrogen and oxygen atoms in total. The van der Waals surface area contributed by atoms with Gasteiger partial charge in [-0.2, -0.15) is 0 Å². The van der Waals surface area contributed by atoms with Crippen molar-refractivity contribution in [1.82, 2.24) is 9.97 Å². The molecule has 6 heteroatoms. The van der Waals surface area contributed by atoms with Gasteiger partial charge in [-0.05, 0) is 35.4 Å². The maximum Gasteiger partial charge on any atom is 0.328 e. The first-order valence-corrected chi connectivity index (χ1v) is 6.29. The van der Waals surface area contributed by atoms with Crippen LogP contribution in [-0.2, 0) is 9.59 Å². The van der Waals surface area contributed by atoms with Crippen LogP contribution in [0.1, 0.15) is 11.1 Å². The van der Waals surface area contributed by atoms with Gasteiger partial charge in [-0.25, -0.2) is 9.59 Å². The quantitative estimate of drug-likeness (QED) is 0.821. The zero-order chi connectivity index (χ0) is 15.9. The number of hydrogen-bond acceptors (Lipinski definition) is 4. The fraction of sp³-hybridized carbons (Fsp3) is 0. The molecule has 2 rings (SSSR count). The summed E-state index contributed by atoms with van der Waals surface area (Å²) in [7, 11) is 0. The SMILES string of the molecule is O=C(O)/C=C/c1ccc(-c2ccc(/C=C/C(=O)O)cn2)nc1. The Balaban J connectivity index is 2.15. The summed E-state index contributed by atoms with van der Waals surface area (Å²) in [4.78, 5) is 29.3. The van der Waals surface area contributed by atoms with E-state index < -0.39 is 11.9 Å². The number of carbonyl (C=O) groups is 2. The van der Waals surface area contributed by atoms with E-state index in [-0.39, 0.29) is 0 Å². The maximum atomic E-state index is 10.4. The molecule has 2 N–H and O–H groups in total. The highest BCUT2D eigenvalue weighted by Gasteiger charge is 2.01. The van der Waals surface area contributed by atoms with Crippen LogP contribution in [0.2, 0.25) is 0 Å². The largest absolute Gasteiger partial charge is 0.478 e. The summed E-state index contributed by atoms with van der Waals surface area (Å²) in [6, 6.07) is 6.94. The Morgan fingerprint density at radius 3 is 1.45 bits per heavy atom. The van der Waals surface area contributed by atoms with E-state index in [1.807, 2.05) is 0 Å². The molecule has 110 valence electrons. The average molecular weight is 296 g/mol. The van der Waals surface area contributed by atoms with Gasteiger partial charge in [0.2, 0.25) is 0 Å². The molecular weight excluding hydrogens is 284 g/mol. The van der Waals surface area contributed by atoms with Gasteiger partial charge in [-0.1, -0.05) is 12.1 Å². The standard InChI is InChI=1S/C16H12N2O4/c19-15(20)7-3-11-1-5-13(17-9-11)14-6-2-12(10-18-14)4-8-16(21)22/h1-10H,(H,19,20)(H,21,22)/b7-3+,8-4+. The van der Waals surface area contributed by atoms with E-state index in [2.05, 4.69) is 9.97 Å². The highest BCUT2D eigenvalue weighted by Crippen LogP contribution is 2.15. The first-order chi connectivity index (χ1) is 10.5. The van der Waals surface area contributed by atoms with Gasteiger partial charge in [0.15, 0.2) is 0 Å². The Morgan fingerprint density at radius 2 is 1.18 bits per heavy atom. The van der Waals surface area contributed by atoms with Crippen molar-refractivity contribution in [1.29, 1.82) is 0 Å². The van der Waals surface area contributed by atoms with Gasteiger partial charge in [0.1, 0.15) is 0 Å². The van der Waals surface area contributed by atoms with Crippen LogP contribution < -0.4 is 0 Å². The van der Waals surface area contributed by atoms with Crippen molar-refractivity contribution in [2.75, 3.05) is 0 Å². The number of carboxylic acids is 2. The molecule has 0 amide bonds. The van der Waals surface area contributed by atoms with Crippen molar-refractivity contribution < 1.29 is 19.8 Å². The monoisotopic (exact) mass is 296 g/mol. The third kappa shape index (κ3) is 4.38. The molecule has 0 spiro atoms. The molecule has 2 aromatic heterocycles. The van der Waals surface area contributed by atoms with E-state index in [0.29, 0.717) is 22.5 Å². The summed E-state index contributed by atoms with van der Waals surface area (Å²) >= 11 is 0. The van der Waals surface area contributed by atoms with Crippen molar-refractivity contribution in [3.8, 4) is 11.4 Å². The van der Waals surface area contributed by atoms with E-state index >= 15 is 0 Å². The van der Waals surface area contributed by atoms with E-state index in [9.17, 15) is 9.59 Å². The Hall–Kier alpha value is -3.28. The summed E-state index contributed by atoms with van der Waals surface area (Å²) in [6.45, 7) is 0. The smallest absolute Gasteiger partial charge is 0.328 e. The Labute approximate surface area is 126 Å². The van der Waals surface area contributed by atoms with Crippen LogP contribution in [0.5, 0.6) is 0 Å². The van der Waals surface area contributed by atoms with Crippen molar-refractivity contribution in [3.05, 3.63) is 59.9 Å². The molecule has 0 aromatic carbocycles. The molecule has 0 aliphatic carbocycles. The van der Waals surface area contributed by atoms with Crippen molar-refractivity contribution in [2.24, 2.45) is 0 Å². The normalized spacial score (nSPS) is 11.1. The number of aliphatic carboxylic acids is 2. The first kappa shape index (κ1) is 15.1. The number of pyridine rings is 2. The van der Waals surface area contributed by atoms with Gasteiger partial charge in [0.05, 0.1) is 11.4 Å². The number of carboxylic acid groups (broad SMARTS) is 2. The third-order valence-electron chi connectivity index (χ3n) is 2.67. The molecule has 2 aromatic rings. The molecule has 0 radical (unpaired) electrons. The van der Waals surface area contributed by atoms with Gasteiger partial charge in [0.25, 0.3) is 0 Å². The summed E-state index contributed by atoms with van der Waals surface area (Å²) in [6.07, 6.45) is 8.08. The first-order valence-electron chi connectivity index (χ1n) is 6.29. The molecular formula is C16H12N2O4. The van der Waals surface area contributed by atoms with Gasteiger partial charge < -0.3 is 10.2 Å². The van der Waals surface area contributed by atoms with Crippen LogP contribution in [0, 0.1) is 0 Å². The van der Waals surface area contributed by atoms with Gasteiger partial charge in [-0.15, -0.1) is 0 Å². The number of rotatable bonds is 5. The van der Waals surface area contributed by atoms with Crippen LogP contribution in [0.3, 0.4) is 0 Å². The summed E-state index contributed by atoms with van der Waals surface area (Å²) in [5.74, 6) is -2.04. The molecule has 0 fully saturated rings. The topological polar surface area (TPSA) is 100 Å². The molecule has 0 bridgehead atoms. The van der Waals surface area contributed by atoms with Crippen molar-refractivity contribution >= 4 is 24.1 Å². The van der Waals surface area contributed by atoms with Gasteiger partial charge in [0, 0.05) is 24.5 Å². The minimum absolute atomic E-state index is 0.640. The van der Waals surface area contributed by atoms with Gasteiger partial charge in [-0.3, -0.25) is 9.97 Å². The van der Waals surface area contributed by atoms with Crippen LogP contribution >= 0.6 is 0 Å². The molecule has 0 saturated carbocycles. The number of aromatic nitrogens is 2. The summed E-state index contributed by atoms with van der Waals surface area (Å²) in [5.41, 5.74) is 2.63. The lowest BCUT2D eigenvalue weighted by Crippen LogP contribution is -1.90. The van der Waals surface area contributed by atoms with Crippen molar-refractivity contribution in [3.63, 3.8) is 0 Å². The van der Waals surface area contributed by atoms with E-state index in [1.165, 1.54) is 12.2 Å². The third-order valence-corrected chi connectivity index (χ3v) is 2.67. The van der Waals surface area contributed by atoms with Crippen molar-refractivity contribution in [2.45, 2.75) is 0 Å².